The van der Waals surface area contributed by atoms with E-state index in [2.05, 4.69) is 5.32 Å². The second-order valence-electron chi connectivity index (χ2n) is 6.71. The Morgan fingerprint density at radius 2 is 1.56 bits per heavy atom. The number of halogens is 2. The quantitative estimate of drug-likeness (QED) is 0.819. The highest BCUT2D eigenvalue weighted by atomic mass is 32.2. The monoisotopic (exact) mass is 394 g/mol. The van der Waals surface area contributed by atoms with Crippen LogP contribution in [0.2, 0.25) is 0 Å². The molecule has 0 unspecified atom stereocenters. The van der Waals surface area contributed by atoms with Crippen molar-refractivity contribution >= 4 is 15.9 Å². The lowest BCUT2D eigenvalue weighted by molar-refractivity contribution is -0.124. The zero-order chi connectivity index (χ0) is 19.7. The number of amides is 1. The van der Waals surface area contributed by atoms with Crippen LogP contribution in [0.5, 0.6) is 0 Å². The van der Waals surface area contributed by atoms with Crippen molar-refractivity contribution in [2.75, 3.05) is 13.6 Å². The lowest BCUT2D eigenvalue weighted by atomic mass is 9.72. The summed E-state index contributed by atoms with van der Waals surface area (Å²) >= 11 is 0. The molecule has 144 valence electrons. The molecular formula is C19H20F2N2O3S. The van der Waals surface area contributed by atoms with E-state index in [1.54, 1.807) is 12.1 Å². The van der Waals surface area contributed by atoms with Crippen LogP contribution < -0.4 is 5.32 Å². The maximum Gasteiger partial charge on any atom is 0.243 e. The normalized spacial score (nSPS) is 16.0. The van der Waals surface area contributed by atoms with Crippen LogP contribution in [-0.2, 0) is 20.4 Å². The standard InChI is InChI=1S/C19H20F2N2O3S/c1-23(27(25,26)17-9-7-16(21)8-10-17)13-18(24)22-19(11-2-12-19)14-3-5-15(20)6-4-14/h3-10H,2,11-13H2,1H3,(H,22,24). The van der Waals surface area contributed by atoms with Gasteiger partial charge >= 0.3 is 0 Å². The molecule has 0 heterocycles. The first-order valence-electron chi connectivity index (χ1n) is 8.52. The number of carbonyl (C=O) groups excluding carboxylic acids is 1. The molecule has 0 spiro atoms. The summed E-state index contributed by atoms with van der Waals surface area (Å²) in [6, 6.07) is 10.4. The summed E-state index contributed by atoms with van der Waals surface area (Å²) < 4.78 is 52.1. The number of nitrogens with one attached hydrogen (secondary N) is 1. The first-order chi connectivity index (χ1) is 12.7. The Morgan fingerprint density at radius 1 is 1.04 bits per heavy atom. The van der Waals surface area contributed by atoms with Crippen LogP contribution in [0.15, 0.2) is 53.4 Å². The van der Waals surface area contributed by atoms with Crippen LogP contribution in [0.25, 0.3) is 0 Å². The molecule has 0 radical (unpaired) electrons. The Kier molecular flexibility index (Phi) is 5.30. The second kappa shape index (κ2) is 7.36. The number of carbonyl (C=O) groups is 1. The molecule has 0 aromatic heterocycles. The van der Waals surface area contributed by atoms with Gasteiger partial charge in [0.05, 0.1) is 17.0 Å². The van der Waals surface area contributed by atoms with Crippen LogP contribution in [0.1, 0.15) is 24.8 Å². The predicted octanol–water partition coefficient (Wildman–Crippen LogP) is 2.78. The van der Waals surface area contributed by atoms with Crippen molar-refractivity contribution in [3.8, 4) is 0 Å². The minimum atomic E-state index is -3.91. The van der Waals surface area contributed by atoms with Crippen molar-refractivity contribution in [3.63, 3.8) is 0 Å². The number of rotatable bonds is 6. The Labute approximate surface area is 157 Å². The maximum atomic E-state index is 13.2. The molecule has 0 saturated heterocycles. The van der Waals surface area contributed by atoms with Gasteiger partial charge in [-0.1, -0.05) is 12.1 Å². The van der Waals surface area contributed by atoms with E-state index >= 15 is 0 Å². The van der Waals surface area contributed by atoms with Gasteiger partial charge in [0.2, 0.25) is 15.9 Å². The largest absolute Gasteiger partial charge is 0.345 e. The average molecular weight is 394 g/mol. The van der Waals surface area contributed by atoms with Crippen molar-refractivity contribution in [1.82, 2.24) is 9.62 Å². The molecule has 8 heteroatoms. The molecule has 1 N–H and O–H groups in total. The predicted molar refractivity (Wildman–Crippen MR) is 96.3 cm³/mol. The number of sulfonamides is 1. The van der Waals surface area contributed by atoms with Crippen molar-refractivity contribution in [2.24, 2.45) is 0 Å². The Hall–Kier alpha value is -2.32. The molecule has 0 aliphatic heterocycles. The second-order valence-corrected chi connectivity index (χ2v) is 8.75. The fourth-order valence-electron chi connectivity index (χ4n) is 3.17. The molecule has 2 aromatic rings. The van der Waals surface area contributed by atoms with Gasteiger partial charge in [-0.05, 0) is 61.2 Å². The topological polar surface area (TPSA) is 66.5 Å². The van der Waals surface area contributed by atoms with Gasteiger partial charge in [-0.2, -0.15) is 4.31 Å². The van der Waals surface area contributed by atoms with Crippen LogP contribution >= 0.6 is 0 Å². The average Bonchev–Trinajstić information content (AvgIpc) is 2.59. The molecule has 1 saturated carbocycles. The van der Waals surface area contributed by atoms with Gasteiger partial charge in [-0.3, -0.25) is 4.79 Å². The Morgan fingerprint density at radius 3 is 2.04 bits per heavy atom. The van der Waals surface area contributed by atoms with Gasteiger partial charge in [0, 0.05) is 7.05 Å². The highest BCUT2D eigenvalue weighted by Crippen LogP contribution is 2.41. The zero-order valence-corrected chi connectivity index (χ0v) is 15.6. The minimum Gasteiger partial charge on any atom is -0.345 e. The SMILES string of the molecule is CN(CC(=O)NC1(c2ccc(F)cc2)CCC1)S(=O)(=O)c1ccc(F)cc1. The Balaban J connectivity index is 1.71. The van der Waals surface area contributed by atoms with E-state index in [4.69, 9.17) is 0 Å². The molecule has 1 aliphatic carbocycles. The van der Waals surface area contributed by atoms with Crippen molar-refractivity contribution in [2.45, 2.75) is 29.7 Å². The lowest BCUT2D eigenvalue weighted by Crippen LogP contribution is -2.53. The van der Waals surface area contributed by atoms with Gasteiger partial charge in [-0.15, -0.1) is 0 Å². The fourth-order valence-corrected chi connectivity index (χ4v) is 4.29. The third-order valence-electron chi connectivity index (χ3n) is 4.87. The number of benzene rings is 2. The molecule has 1 aliphatic rings. The number of nitrogens with zero attached hydrogens (tertiary/aromatic N) is 1. The summed E-state index contributed by atoms with van der Waals surface area (Å²) in [6.45, 7) is -0.372. The van der Waals surface area contributed by atoms with E-state index in [9.17, 15) is 22.0 Å². The molecular weight excluding hydrogens is 374 g/mol. The molecule has 0 bridgehead atoms. The summed E-state index contributed by atoms with van der Waals surface area (Å²) in [5.41, 5.74) is 0.207. The summed E-state index contributed by atoms with van der Waals surface area (Å²) in [7, 11) is -2.61. The molecule has 1 amide bonds. The van der Waals surface area contributed by atoms with Crippen molar-refractivity contribution in [1.29, 1.82) is 0 Å². The highest BCUT2D eigenvalue weighted by Gasteiger charge is 2.40. The summed E-state index contributed by atoms with van der Waals surface area (Å²) in [5, 5.41) is 2.90. The van der Waals surface area contributed by atoms with Crippen LogP contribution in [0.4, 0.5) is 8.78 Å². The summed E-state index contributed by atoms with van der Waals surface area (Å²) in [6.07, 6.45) is 2.33. The lowest BCUT2D eigenvalue weighted by Gasteiger charge is -2.43. The van der Waals surface area contributed by atoms with E-state index in [-0.39, 0.29) is 17.3 Å². The highest BCUT2D eigenvalue weighted by molar-refractivity contribution is 7.89. The van der Waals surface area contributed by atoms with E-state index in [1.807, 2.05) is 0 Å². The van der Waals surface area contributed by atoms with Gasteiger partial charge in [0.15, 0.2) is 0 Å². The van der Waals surface area contributed by atoms with Gasteiger partial charge in [-0.25, -0.2) is 17.2 Å². The zero-order valence-electron chi connectivity index (χ0n) is 14.8. The third-order valence-corrected chi connectivity index (χ3v) is 6.69. The maximum absolute atomic E-state index is 13.2. The summed E-state index contributed by atoms with van der Waals surface area (Å²) in [4.78, 5) is 12.4. The van der Waals surface area contributed by atoms with Crippen LogP contribution in [-0.4, -0.2) is 32.2 Å². The molecule has 2 aromatic carbocycles. The number of likely N-dealkylation sites (N-methyl/N-ethyl adjacent to an activating group) is 1. The van der Waals surface area contributed by atoms with E-state index < -0.39 is 27.3 Å². The number of hydrogen-bond acceptors (Lipinski definition) is 3. The smallest absolute Gasteiger partial charge is 0.243 e. The molecule has 27 heavy (non-hydrogen) atoms. The third kappa shape index (κ3) is 4.01. The molecule has 0 atom stereocenters. The molecule has 5 nitrogen and oxygen atoms in total. The van der Waals surface area contributed by atoms with E-state index in [0.717, 1.165) is 40.6 Å². The van der Waals surface area contributed by atoms with Crippen molar-refractivity contribution < 1.29 is 22.0 Å². The minimum absolute atomic E-state index is 0.0870. The van der Waals surface area contributed by atoms with E-state index in [1.165, 1.54) is 19.2 Å². The molecule has 3 rings (SSSR count). The van der Waals surface area contributed by atoms with Gasteiger partial charge in [0.1, 0.15) is 11.6 Å². The number of hydrogen-bond donors (Lipinski definition) is 1. The molecule has 1 fully saturated rings. The van der Waals surface area contributed by atoms with Crippen LogP contribution in [0, 0.1) is 11.6 Å². The van der Waals surface area contributed by atoms with E-state index in [0.29, 0.717) is 12.8 Å². The summed E-state index contributed by atoms with van der Waals surface area (Å²) in [5.74, 6) is -1.35. The van der Waals surface area contributed by atoms with Crippen molar-refractivity contribution in [3.05, 3.63) is 65.7 Å². The van der Waals surface area contributed by atoms with Crippen LogP contribution in [0.3, 0.4) is 0 Å². The van der Waals surface area contributed by atoms with Gasteiger partial charge in [0.25, 0.3) is 0 Å². The Bertz CT molecular complexity index is 924. The first-order valence-corrected chi connectivity index (χ1v) is 9.96. The van der Waals surface area contributed by atoms with Gasteiger partial charge < -0.3 is 5.32 Å². The first kappa shape index (κ1) is 19.4. The fraction of sp³-hybridized carbons (Fsp3) is 0.316.